The van der Waals surface area contributed by atoms with Crippen molar-refractivity contribution in [1.82, 2.24) is 10.6 Å². The highest BCUT2D eigenvalue weighted by molar-refractivity contribution is 5.81. The molecule has 1 atom stereocenters. The van der Waals surface area contributed by atoms with Crippen LogP contribution in [0.15, 0.2) is 18.2 Å². The third-order valence-corrected chi connectivity index (χ3v) is 3.21. The van der Waals surface area contributed by atoms with Gasteiger partial charge in [-0.3, -0.25) is 4.79 Å². The maximum absolute atomic E-state index is 12.3. The van der Waals surface area contributed by atoms with Gasteiger partial charge in [-0.05, 0) is 24.6 Å². The molecule has 6 nitrogen and oxygen atoms in total. The molecule has 0 aromatic heterocycles. The number of nitrogens with one attached hydrogen (secondary N) is 2. The molecule has 1 aliphatic heterocycles. The molecule has 8 heteroatoms. The van der Waals surface area contributed by atoms with Gasteiger partial charge >= 0.3 is 6.61 Å². The Morgan fingerprint density at radius 1 is 1.48 bits per heavy atom. The average Bonchev–Trinajstić information content (AvgIpc) is 2.55. The number of hydrogen-bond acceptors (Lipinski definition) is 5. The molecule has 1 unspecified atom stereocenters. The minimum atomic E-state index is -2.92. The van der Waals surface area contributed by atoms with Crippen molar-refractivity contribution in [2.45, 2.75) is 26.2 Å². The summed E-state index contributed by atoms with van der Waals surface area (Å²) in [7, 11) is 0. The molecule has 2 rings (SSSR count). The first-order chi connectivity index (χ1) is 11.1. The molecular weight excluding hydrogens is 310 g/mol. The lowest BCUT2D eigenvalue weighted by Crippen LogP contribution is -2.47. The van der Waals surface area contributed by atoms with Crippen LogP contribution in [0.2, 0.25) is 0 Å². The normalized spacial score (nSPS) is 17.8. The summed E-state index contributed by atoms with van der Waals surface area (Å²) in [6.45, 7) is 1.07. The van der Waals surface area contributed by atoms with Crippen LogP contribution in [-0.4, -0.2) is 44.9 Å². The van der Waals surface area contributed by atoms with Gasteiger partial charge in [0.15, 0.2) is 11.5 Å². The molecular formula is C15H20F2N2O4. The number of benzene rings is 1. The summed E-state index contributed by atoms with van der Waals surface area (Å²) in [5.74, 6) is -0.0325. The second kappa shape index (κ2) is 8.64. The first-order valence-electron chi connectivity index (χ1n) is 7.40. The monoisotopic (exact) mass is 330 g/mol. The van der Waals surface area contributed by atoms with Crippen LogP contribution in [0.3, 0.4) is 0 Å². The van der Waals surface area contributed by atoms with E-state index in [1.54, 1.807) is 19.1 Å². The van der Waals surface area contributed by atoms with E-state index in [1.165, 1.54) is 6.07 Å². The smallest absolute Gasteiger partial charge is 0.387 e. The molecule has 0 radical (unpaired) electrons. The van der Waals surface area contributed by atoms with E-state index >= 15 is 0 Å². The molecule has 0 saturated carbocycles. The number of halogens is 2. The quantitative estimate of drug-likeness (QED) is 0.788. The van der Waals surface area contributed by atoms with Crippen LogP contribution in [-0.2, 0) is 16.1 Å². The zero-order chi connectivity index (χ0) is 16.7. The maximum atomic E-state index is 12.3. The van der Waals surface area contributed by atoms with E-state index in [0.717, 1.165) is 6.54 Å². The van der Waals surface area contributed by atoms with Gasteiger partial charge in [0.2, 0.25) is 0 Å². The second-order valence-corrected chi connectivity index (χ2v) is 4.87. The number of carbonyl (C=O) groups excluding carboxylic acids is 1. The molecule has 0 aliphatic carbocycles. The van der Waals surface area contributed by atoms with Crippen molar-refractivity contribution in [3.8, 4) is 11.5 Å². The van der Waals surface area contributed by atoms with Gasteiger partial charge in [-0.15, -0.1) is 0 Å². The minimum absolute atomic E-state index is 0.0308. The number of alkyl halides is 2. The van der Waals surface area contributed by atoms with E-state index < -0.39 is 12.7 Å². The highest BCUT2D eigenvalue weighted by atomic mass is 19.3. The van der Waals surface area contributed by atoms with Crippen LogP contribution in [0.25, 0.3) is 0 Å². The Bertz CT molecular complexity index is 522. The van der Waals surface area contributed by atoms with E-state index in [0.29, 0.717) is 25.3 Å². The summed E-state index contributed by atoms with van der Waals surface area (Å²) < 4.78 is 39.7. The highest BCUT2D eigenvalue weighted by Gasteiger charge is 2.21. The largest absolute Gasteiger partial charge is 0.490 e. The predicted octanol–water partition coefficient (Wildman–Crippen LogP) is 1.29. The Balaban J connectivity index is 1.96. The molecule has 1 aliphatic rings. The number of hydrogen-bond donors (Lipinski definition) is 2. The number of rotatable bonds is 7. The SMILES string of the molecule is CCOc1cc(CNC(=O)C2CNCCO2)ccc1OC(F)F. The summed E-state index contributed by atoms with van der Waals surface area (Å²) in [5, 5.41) is 5.82. The Morgan fingerprint density at radius 3 is 2.96 bits per heavy atom. The Morgan fingerprint density at radius 2 is 2.30 bits per heavy atom. The Labute approximate surface area is 133 Å². The molecule has 1 fully saturated rings. The van der Waals surface area contributed by atoms with Gasteiger partial charge in [-0.2, -0.15) is 8.78 Å². The van der Waals surface area contributed by atoms with Gasteiger partial charge < -0.3 is 24.8 Å². The lowest BCUT2D eigenvalue weighted by atomic mass is 10.2. The first kappa shape index (κ1) is 17.4. The fraction of sp³-hybridized carbons (Fsp3) is 0.533. The maximum Gasteiger partial charge on any atom is 0.387 e. The van der Waals surface area contributed by atoms with Gasteiger partial charge in [0.25, 0.3) is 5.91 Å². The Kier molecular flexibility index (Phi) is 6.54. The van der Waals surface area contributed by atoms with Crippen LogP contribution in [0.1, 0.15) is 12.5 Å². The van der Waals surface area contributed by atoms with Crippen LogP contribution >= 0.6 is 0 Å². The summed E-state index contributed by atoms with van der Waals surface area (Å²) in [5.41, 5.74) is 0.715. The van der Waals surface area contributed by atoms with E-state index in [1.807, 2.05) is 0 Å². The number of carbonyl (C=O) groups is 1. The average molecular weight is 330 g/mol. The third kappa shape index (κ3) is 5.33. The fourth-order valence-electron chi connectivity index (χ4n) is 2.16. The zero-order valence-electron chi connectivity index (χ0n) is 12.8. The molecule has 1 heterocycles. The summed E-state index contributed by atoms with van der Waals surface area (Å²) in [4.78, 5) is 12.0. The molecule has 128 valence electrons. The standard InChI is InChI=1S/C15H20F2N2O4/c1-2-21-12-7-10(3-4-11(12)23-15(16)17)8-19-14(20)13-9-18-5-6-22-13/h3-4,7,13,15,18H,2,5-6,8-9H2,1H3,(H,19,20). The molecule has 1 amide bonds. The van der Waals surface area contributed by atoms with Crippen molar-refractivity contribution in [1.29, 1.82) is 0 Å². The predicted molar refractivity (Wildman–Crippen MR) is 78.7 cm³/mol. The molecule has 0 bridgehead atoms. The molecule has 1 saturated heterocycles. The Hall–Kier alpha value is -1.93. The van der Waals surface area contributed by atoms with Crippen LogP contribution in [0.5, 0.6) is 11.5 Å². The van der Waals surface area contributed by atoms with Crippen molar-refractivity contribution < 1.29 is 27.8 Å². The van der Waals surface area contributed by atoms with Crippen molar-refractivity contribution in [2.75, 3.05) is 26.3 Å². The van der Waals surface area contributed by atoms with Crippen molar-refractivity contribution in [3.63, 3.8) is 0 Å². The van der Waals surface area contributed by atoms with Gasteiger partial charge in [0, 0.05) is 19.6 Å². The van der Waals surface area contributed by atoms with Crippen LogP contribution in [0.4, 0.5) is 8.78 Å². The number of amides is 1. The lowest BCUT2D eigenvalue weighted by Gasteiger charge is -2.22. The zero-order valence-corrected chi connectivity index (χ0v) is 12.8. The molecule has 0 spiro atoms. The minimum Gasteiger partial charge on any atom is -0.490 e. The second-order valence-electron chi connectivity index (χ2n) is 4.87. The van der Waals surface area contributed by atoms with Crippen molar-refractivity contribution in [2.24, 2.45) is 0 Å². The topological polar surface area (TPSA) is 68.8 Å². The van der Waals surface area contributed by atoms with E-state index in [2.05, 4.69) is 15.4 Å². The van der Waals surface area contributed by atoms with Crippen molar-refractivity contribution in [3.05, 3.63) is 23.8 Å². The van der Waals surface area contributed by atoms with Gasteiger partial charge in [-0.1, -0.05) is 6.07 Å². The third-order valence-electron chi connectivity index (χ3n) is 3.21. The summed E-state index contributed by atoms with van der Waals surface area (Å²) in [6, 6.07) is 4.57. The highest BCUT2D eigenvalue weighted by Crippen LogP contribution is 2.29. The van der Waals surface area contributed by atoms with Crippen molar-refractivity contribution >= 4 is 5.91 Å². The number of morpholine rings is 1. The molecule has 2 N–H and O–H groups in total. The van der Waals surface area contributed by atoms with E-state index in [9.17, 15) is 13.6 Å². The lowest BCUT2D eigenvalue weighted by molar-refractivity contribution is -0.134. The molecule has 1 aromatic carbocycles. The van der Waals surface area contributed by atoms with Gasteiger partial charge in [0.1, 0.15) is 6.10 Å². The van der Waals surface area contributed by atoms with Crippen LogP contribution < -0.4 is 20.1 Å². The molecule has 23 heavy (non-hydrogen) atoms. The number of ether oxygens (including phenoxy) is 3. The summed E-state index contributed by atoms with van der Waals surface area (Å²) >= 11 is 0. The van der Waals surface area contributed by atoms with Gasteiger partial charge in [0.05, 0.1) is 13.2 Å². The van der Waals surface area contributed by atoms with E-state index in [4.69, 9.17) is 9.47 Å². The fourth-order valence-corrected chi connectivity index (χ4v) is 2.16. The first-order valence-corrected chi connectivity index (χ1v) is 7.40. The van der Waals surface area contributed by atoms with Crippen LogP contribution in [0, 0.1) is 0 Å². The molecule has 1 aromatic rings. The van der Waals surface area contributed by atoms with Gasteiger partial charge in [-0.25, -0.2) is 0 Å². The summed E-state index contributed by atoms with van der Waals surface area (Å²) in [6.07, 6.45) is -0.517. The van der Waals surface area contributed by atoms with E-state index in [-0.39, 0.29) is 24.0 Å².